The van der Waals surface area contributed by atoms with Gasteiger partial charge in [-0.25, -0.2) is 9.59 Å². The molecular weight excluding hydrogens is 266 g/mol. The number of carboxylic acid groups (broad SMARTS) is 1. The van der Waals surface area contributed by atoms with Crippen molar-refractivity contribution in [3.8, 4) is 0 Å². The molecule has 0 saturated heterocycles. The van der Waals surface area contributed by atoms with Crippen LogP contribution in [-0.2, 0) is 20.9 Å². The molecule has 0 fully saturated rings. The van der Waals surface area contributed by atoms with E-state index >= 15 is 0 Å². The summed E-state index contributed by atoms with van der Waals surface area (Å²) in [4.78, 5) is 37.3. The van der Waals surface area contributed by atoms with Gasteiger partial charge in [-0.05, 0) is 17.7 Å². The summed E-state index contributed by atoms with van der Waals surface area (Å²) in [7, 11) is 1.14. The molecule has 0 radical (unpaired) electrons. The maximum absolute atomic E-state index is 11.5. The molecule has 0 bridgehead atoms. The van der Waals surface area contributed by atoms with Crippen LogP contribution in [0.4, 0.5) is 4.79 Å². The number of urea groups is 1. The van der Waals surface area contributed by atoms with Gasteiger partial charge in [-0.1, -0.05) is 0 Å². The smallest absolute Gasteiger partial charge is 0.326 e. The third-order valence-electron chi connectivity index (χ3n) is 2.40. The normalized spacial score (nSPS) is 11.2. The Hall–Kier alpha value is -2.64. The van der Waals surface area contributed by atoms with Crippen LogP contribution in [0.1, 0.15) is 12.0 Å². The summed E-state index contributed by atoms with van der Waals surface area (Å²) in [5.41, 5.74) is 0.815. The predicted octanol–water partition coefficient (Wildman–Crippen LogP) is -0.103. The van der Waals surface area contributed by atoms with Crippen molar-refractivity contribution in [1.82, 2.24) is 15.6 Å². The number of aliphatic carboxylic acids is 1. The molecule has 2 amide bonds. The molecule has 1 aromatic heterocycles. The van der Waals surface area contributed by atoms with Crippen LogP contribution in [0.5, 0.6) is 0 Å². The van der Waals surface area contributed by atoms with Crippen LogP contribution in [0.3, 0.4) is 0 Å². The van der Waals surface area contributed by atoms with Crippen molar-refractivity contribution in [1.29, 1.82) is 0 Å². The number of amides is 2. The minimum Gasteiger partial charge on any atom is -0.480 e. The first-order valence-corrected chi connectivity index (χ1v) is 5.76. The molecule has 0 aromatic carbocycles. The monoisotopic (exact) mass is 281 g/mol. The Kier molecular flexibility index (Phi) is 5.95. The number of nitrogens with one attached hydrogen (secondary N) is 2. The van der Waals surface area contributed by atoms with E-state index in [9.17, 15) is 14.4 Å². The van der Waals surface area contributed by atoms with E-state index < -0.39 is 30.4 Å². The Morgan fingerprint density at radius 1 is 1.35 bits per heavy atom. The standard InChI is InChI=1S/C12H15N3O5/c1-20-10(16)6-9(11(17)18)15-12(19)14-7-8-2-4-13-5-3-8/h2-5,9H,6-7H2,1H3,(H,17,18)(H2,14,15,19)/t9-/m0/s1. The molecule has 0 aliphatic rings. The van der Waals surface area contributed by atoms with E-state index in [4.69, 9.17) is 5.11 Å². The number of nitrogens with zero attached hydrogens (tertiary/aromatic N) is 1. The molecule has 20 heavy (non-hydrogen) atoms. The number of methoxy groups -OCH3 is 1. The zero-order chi connectivity index (χ0) is 15.0. The lowest BCUT2D eigenvalue weighted by molar-refractivity contribution is -0.147. The summed E-state index contributed by atoms with van der Waals surface area (Å²) in [6, 6.07) is 1.41. The lowest BCUT2D eigenvalue weighted by atomic mass is 10.2. The zero-order valence-corrected chi connectivity index (χ0v) is 10.8. The van der Waals surface area contributed by atoms with Crippen molar-refractivity contribution in [2.45, 2.75) is 19.0 Å². The van der Waals surface area contributed by atoms with Crippen molar-refractivity contribution >= 4 is 18.0 Å². The van der Waals surface area contributed by atoms with E-state index in [1.54, 1.807) is 24.5 Å². The van der Waals surface area contributed by atoms with Gasteiger partial charge >= 0.3 is 18.0 Å². The highest BCUT2D eigenvalue weighted by molar-refractivity contribution is 5.86. The van der Waals surface area contributed by atoms with Crippen molar-refractivity contribution in [2.24, 2.45) is 0 Å². The summed E-state index contributed by atoms with van der Waals surface area (Å²) < 4.78 is 4.36. The minimum absolute atomic E-state index is 0.221. The molecule has 1 aromatic rings. The average molecular weight is 281 g/mol. The second-order valence-corrected chi connectivity index (χ2v) is 3.85. The molecule has 1 atom stereocenters. The van der Waals surface area contributed by atoms with Crippen LogP contribution < -0.4 is 10.6 Å². The van der Waals surface area contributed by atoms with Gasteiger partial charge in [-0.3, -0.25) is 9.78 Å². The fraction of sp³-hybridized carbons (Fsp3) is 0.333. The SMILES string of the molecule is COC(=O)C[C@H](NC(=O)NCc1ccncc1)C(=O)O. The van der Waals surface area contributed by atoms with Gasteiger partial charge in [0.2, 0.25) is 0 Å². The predicted molar refractivity (Wildman–Crippen MR) is 67.7 cm³/mol. The first-order valence-electron chi connectivity index (χ1n) is 5.76. The number of hydrogen-bond donors (Lipinski definition) is 3. The molecule has 0 aliphatic carbocycles. The van der Waals surface area contributed by atoms with Gasteiger partial charge < -0.3 is 20.5 Å². The quantitative estimate of drug-likeness (QED) is 0.627. The number of pyridine rings is 1. The number of ether oxygens (including phenoxy) is 1. The highest BCUT2D eigenvalue weighted by Crippen LogP contribution is 1.97. The molecule has 8 heteroatoms. The largest absolute Gasteiger partial charge is 0.480 e. The number of carbonyl (C=O) groups is 3. The van der Waals surface area contributed by atoms with E-state index in [0.29, 0.717) is 0 Å². The van der Waals surface area contributed by atoms with Gasteiger partial charge in [0.25, 0.3) is 0 Å². The number of carbonyl (C=O) groups excluding carboxylic acids is 2. The molecule has 1 rings (SSSR count). The summed E-state index contributed by atoms with van der Waals surface area (Å²) in [5.74, 6) is -2.03. The van der Waals surface area contributed by atoms with E-state index in [-0.39, 0.29) is 6.54 Å². The minimum atomic E-state index is -1.33. The van der Waals surface area contributed by atoms with Crippen molar-refractivity contribution < 1.29 is 24.2 Å². The van der Waals surface area contributed by atoms with Gasteiger partial charge in [-0.15, -0.1) is 0 Å². The third kappa shape index (κ3) is 5.34. The van der Waals surface area contributed by atoms with Gasteiger partial charge in [0.1, 0.15) is 6.04 Å². The van der Waals surface area contributed by atoms with Gasteiger partial charge in [-0.2, -0.15) is 0 Å². The van der Waals surface area contributed by atoms with Crippen LogP contribution in [0, 0.1) is 0 Å². The molecular formula is C12H15N3O5. The molecule has 108 valence electrons. The number of aromatic nitrogens is 1. The zero-order valence-electron chi connectivity index (χ0n) is 10.8. The number of rotatable bonds is 6. The van der Waals surface area contributed by atoms with Crippen molar-refractivity contribution in [3.05, 3.63) is 30.1 Å². The second kappa shape index (κ2) is 7.72. The van der Waals surface area contributed by atoms with Gasteiger partial charge in [0, 0.05) is 18.9 Å². The number of carboxylic acids is 1. The van der Waals surface area contributed by atoms with E-state index in [2.05, 4.69) is 20.4 Å². The summed E-state index contributed by atoms with van der Waals surface area (Å²) in [5, 5.41) is 13.6. The summed E-state index contributed by atoms with van der Waals surface area (Å²) in [6.45, 7) is 0.221. The van der Waals surface area contributed by atoms with Crippen LogP contribution >= 0.6 is 0 Å². The molecule has 8 nitrogen and oxygen atoms in total. The van der Waals surface area contributed by atoms with Crippen LogP contribution in [0.25, 0.3) is 0 Å². The molecule has 0 saturated carbocycles. The molecule has 0 unspecified atom stereocenters. The maximum Gasteiger partial charge on any atom is 0.326 e. The van der Waals surface area contributed by atoms with E-state index in [1.807, 2.05) is 0 Å². The lowest BCUT2D eigenvalue weighted by Crippen LogP contribution is -2.46. The van der Waals surface area contributed by atoms with E-state index in [0.717, 1.165) is 12.7 Å². The first-order chi connectivity index (χ1) is 9.52. The second-order valence-electron chi connectivity index (χ2n) is 3.85. The molecule has 1 heterocycles. The van der Waals surface area contributed by atoms with Gasteiger partial charge in [0.05, 0.1) is 13.5 Å². The third-order valence-corrected chi connectivity index (χ3v) is 2.40. The van der Waals surface area contributed by atoms with E-state index in [1.165, 1.54) is 0 Å². The van der Waals surface area contributed by atoms with Crippen molar-refractivity contribution in [2.75, 3.05) is 7.11 Å². The number of hydrogen-bond acceptors (Lipinski definition) is 5. The molecule has 0 spiro atoms. The molecule has 0 aliphatic heterocycles. The van der Waals surface area contributed by atoms with Crippen LogP contribution in [0.15, 0.2) is 24.5 Å². The Morgan fingerprint density at radius 2 is 2.00 bits per heavy atom. The highest BCUT2D eigenvalue weighted by Gasteiger charge is 2.23. The average Bonchev–Trinajstić information content (AvgIpc) is 2.45. The fourth-order valence-corrected chi connectivity index (χ4v) is 1.34. The maximum atomic E-state index is 11.5. The summed E-state index contributed by atoms with van der Waals surface area (Å²) in [6.07, 6.45) is 2.72. The Morgan fingerprint density at radius 3 is 2.55 bits per heavy atom. The first kappa shape index (κ1) is 15.4. The summed E-state index contributed by atoms with van der Waals surface area (Å²) >= 11 is 0. The Labute approximate surface area is 115 Å². The highest BCUT2D eigenvalue weighted by atomic mass is 16.5. The van der Waals surface area contributed by atoms with Crippen LogP contribution in [0.2, 0.25) is 0 Å². The fourth-order valence-electron chi connectivity index (χ4n) is 1.34. The number of esters is 1. The Balaban J connectivity index is 2.46. The molecule has 3 N–H and O–H groups in total. The van der Waals surface area contributed by atoms with Crippen molar-refractivity contribution in [3.63, 3.8) is 0 Å². The lowest BCUT2D eigenvalue weighted by Gasteiger charge is -2.14. The van der Waals surface area contributed by atoms with Crippen LogP contribution in [-0.4, -0.2) is 41.2 Å². The topological polar surface area (TPSA) is 118 Å². The van der Waals surface area contributed by atoms with Gasteiger partial charge in [0.15, 0.2) is 0 Å². The Bertz CT molecular complexity index is 477.